The van der Waals surface area contributed by atoms with Crippen LogP contribution in [-0.2, 0) is 4.79 Å². The second-order valence-electron chi connectivity index (χ2n) is 6.59. The van der Waals surface area contributed by atoms with Gasteiger partial charge in [0.1, 0.15) is 0 Å². The van der Waals surface area contributed by atoms with Crippen LogP contribution >= 0.6 is 35.6 Å². The van der Waals surface area contributed by atoms with E-state index in [0.717, 1.165) is 25.2 Å². The van der Waals surface area contributed by atoms with Crippen molar-refractivity contribution in [2.45, 2.75) is 33.1 Å². The largest absolute Gasteiger partial charge is 0.302 e. The first-order valence-electron chi connectivity index (χ1n) is 7.78. The van der Waals surface area contributed by atoms with Gasteiger partial charge in [0.25, 0.3) is 0 Å². The second-order valence-corrected chi connectivity index (χ2v) is 7.41. The van der Waals surface area contributed by atoms with E-state index in [1.807, 2.05) is 26.0 Å². The van der Waals surface area contributed by atoms with Gasteiger partial charge in [-0.25, -0.2) is 0 Å². The Morgan fingerprint density at radius 1 is 1.17 bits per heavy atom. The molecule has 0 aromatic heterocycles. The number of nitrogens with zero attached hydrogens (tertiary/aromatic N) is 1. The summed E-state index contributed by atoms with van der Waals surface area (Å²) in [5.41, 5.74) is 0.515. The smallest absolute Gasteiger partial charge is 0.162 e. The van der Waals surface area contributed by atoms with Crippen LogP contribution < -0.4 is 0 Å². The van der Waals surface area contributed by atoms with Gasteiger partial charge in [-0.2, -0.15) is 0 Å². The first-order chi connectivity index (χ1) is 10.4. The molecule has 0 amide bonds. The van der Waals surface area contributed by atoms with Crippen LogP contribution in [0.3, 0.4) is 0 Å². The van der Waals surface area contributed by atoms with Crippen molar-refractivity contribution in [2.24, 2.45) is 5.41 Å². The molecular formula is C18H24Cl3NO. The predicted octanol–water partition coefficient (Wildman–Crippen LogP) is 5.51. The van der Waals surface area contributed by atoms with Crippen LogP contribution in [-0.4, -0.2) is 30.3 Å². The van der Waals surface area contributed by atoms with Gasteiger partial charge >= 0.3 is 0 Å². The number of halogens is 3. The Labute approximate surface area is 155 Å². The molecule has 1 aromatic rings. The third kappa shape index (κ3) is 6.11. The number of benzene rings is 1. The zero-order valence-corrected chi connectivity index (χ0v) is 16.0. The van der Waals surface area contributed by atoms with Crippen molar-refractivity contribution in [3.63, 3.8) is 0 Å². The minimum Gasteiger partial charge on any atom is -0.302 e. The molecule has 5 heteroatoms. The summed E-state index contributed by atoms with van der Waals surface area (Å²) in [4.78, 5) is 14.9. The van der Waals surface area contributed by atoms with Crippen molar-refractivity contribution in [1.29, 1.82) is 0 Å². The summed E-state index contributed by atoms with van der Waals surface area (Å²) in [6, 6.07) is 5.37. The summed E-state index contributed by atoms with van der Waals surface area (Å²) in [6.45, 7) is 7.06. The van der Waals surface area contributed by atoms with Gasteiger partial charge in [0.15, 0.2) is 5.78 Å². The topological polar surface area (TPSA) is 20.3 Å². The van der Waals surface area contributed by atoms with Gasteiger partial charge in [0.05, 0.1) is 10.0 Å². The molecule has 1 aliphatic heterocycles. The third-order valence-electron chi connectivity index (χ3n) is 4.11. The quantitative estimate of drug-likeness (QED) is 0.631. The third-order valence-corrected chi connectivity index (χ3v) is 4.84. The predicted molar refractivity (Wildman–Crippen MR) is 102 cm³/mol. The number of ketones is 1. The maximum absolute atomic E-state index is 12.5. The van der Waals surface area contributed by atoms with E-state index in [9.17, 15) is 4.79 Å². The molecule has 23 heavy (non-hydrogen) atoms. The molecule has 0 radical (unpaired) electrons. The van der Waals surface area contributed by atoms with Gasteiger partial charge < -0.3 is 4.90 Å². The van der Waals surface area contributed by atoms with Crippen molar-refractivity contribution in [3.05, 3.63) is 39.9 Å². The number of hydrogen-bond donors (Lipinski definition) is 0. The Kier molecular flexibility index (Phi) is 8.09. The molecule has 1 fully saturated rings. The molecule has 0 aliphatic carbocycles. The van der Waals surface area contributed by atoms with Crippen molar-refractivity contribution in [3.8, 4) is 0 Å². The van der Waals surface area contributed by atoms with Crippen molar-refractivity contribution < 1.29 is 4.79 Å². The first-order valence-corrected chi connectivity index (χ1v) is 8.54. The molecule has 1 aromatic carbocycles. The fourth-order valence-electron chi connectivity index (χ4n) is 2.77. The van der Waals surface area contributed by atoms with Gasteiger partial charge in [-0.3, -0.25) is 4.79 Å². The van der Waals surface area contributed by atoms with E-state index in [2.05, 4.69) is 4.90 Å². The average Bonchev–Trinajstić information content (AvgIpc) is 2.48. The zero-order valence-electron chi connectivity index (χ0n) is 13.6. The highest BCUT2D eigenvalue weighted by Gasteiger charge is 2.28. The number of piperidine rings is 1. The van der Waals surface area contributed by atoms with E-state index >= 15 is 0 Å². The minimum absolute atomic E-state index is 0. The molecule has 0 saturated carbocycles. The number of carbonyl (C=O) groups excluding carboxylic acids is 1. The Morgan fingerprint density at radius 2 is 1.83 bits per heavy atom. The number of likely N-dealkylation sites (tertiary alicyclic amines) is 1. The monoisotopic (exact) mass is 375 g/mol. The van der Waals surface area contributed by atoms with Crippen LogP contribution in [0, 0.1) is 5.41 Å². The lowest BCUT2D eigenvalue weighted by atomic mass is 9.86. The van der Waals surface area contributed by atoms with Crippen LogP contribution in [0.15, 0.2) is 24.3 Å². The van der Waals surface area contributed by atoms with Crippen LogP contribution in [0.1, 0.15) is 38.7 Å². The standard InChI is InChI=1S/C18H23Cl2NO.ClH/c1-18(2,13-21-10-4-3-5-11-21)17(22)9-7-14-6-8-15(19)16(20)12-14;/h6-9,12H,3-5,10-11,13H2,1-2H3;1H/b9-7+;. The Hall–Kier alpha value is -0.540. The molecule has 1 saturated heterocycles. The summed E-state index contributed by atoms with van der Waals surface area (Å²) in [6.07, 6.45) is 7.25. The lowest BCUT2D eigenvalue weighted by Crippen LogP contribution is -2.41. The fraction of sp³-hybridized carbons (Fsp3) is 0.500. The number of carbonyl (C=O) groups is 1. The van der Waals surface area contributed by atoms with Gasteiger partial charge in [-0.1, -0.05) is 55.6 Å². The van der Waals surface area contributed by atoms with Gasteiger partial charge in [0.2, 0.25) is 0 Å². The maximum Gasteiger partial charge on any atom is 0.162 e. The van der Waals surface area contributed by atoms with E-state index in [4.69, 9.17) is 23.2 Å². The lowest BCUT2D eigenvalue weighted by molar-refractivity contribution is -0.123. The van der Waals surface area contributed by atoms with Crippen molar-refractivity contribution in [1.82, 2.24) is 4.90 Å². The molecule has 1 aliphatic rings. The lowest BCUT2D eigenvalue weighted by Gasteiger charge is -2.33. The van der Waals surface area contributed by atoms with Gasteiger partial charge in [-0.05, 0) is 49.7 Å². The van der Waals surface area contributed by atoms with Crippen LogP contribution in [0.25, 0.3) is 6.08 Å². The Morgan fingerprint density at radius 3 is 2.43 bits per heavy atom. The normalized spacial score (nSPS) is 16.3. The molecule has 0 unspecified atom stereocenters. The maximum atomic E-state index is 12.5. The van der Waals surface area contributed by atoms with Crippen LogP contribution in [0.5, 0.6) is 0 Å². The van der Waals surface area contributed by atoms with E-state index in [-0.39, 0.29) is 23.6 Å². The summed E-state index contributed by atoms with van der Waals surface area (Å²) in [5.74, 6) is 0.143. The Bertz CT molecular complexity index is 563. The molecule has 2 nitrogen and oxygen atoms in total. The fourth-order valence-corrected chi connectivity index (χ4v) is 3.07. The molecule has 0 atom stereocenters. The number of rotatable bonds is 5. The highest BCUT2D eigenvalue weighted by molar-refractivity contribution is 6.42. The minimum atomic E-state index is -0.371. The van der Waals surface area contributed by atoms with Crippen molar-refractivity contribution in [2.75, 3.05) is 19.6 Å². The average molecular weight is 377 g/mol. The van der Waals surface area contributed by atoms with Gasteiger partial charge in [0, 0.05) is 12.0 Å². The summed E-state index contributed by atoms with van der Waals surface area (Å²) < 4.78 is 0. The molecule has 0 bridgehead atoms. The van der Waals surface area contributed by atoms with E-state index in [0.29, 0.717) is 10.0 Å². The molecule has 128 valence electrons. The molecule has 0 spiro atoms. The highest BCUT2D eigenvalue weighted by atomic mass is 35.5. The summed E-state index contributed by atoms with van der Waals surface area (Å²) in [7, 11) is 0. The highest BCUT2D eigenvalue weighted by Crippen LogP contribution is 2.25. The van der Waals surface area contributed by atoms with Crippen LogP contribution in [0.2, 0.25) is 10.0 Å². The first kappa shape index (κ1) is 20.5. The zero-order chi connectivity index (χ0) is 16.2. The Balaban J connectivity index is 0.00000264. The summed E-state index contributed by atoms with van der Waals surface area (Å²) >= 11 is 11.9. The molecule has 1 heterocycles. The second kappa shape index (κ2) is 9.08. The van der Waals surface area contributed by atoms with E-state index in [1.165, 1.54) is 19.3 Å². The molecular weight excluding hydrogens is 353 g/mol. The SMILES string of the molecule is CC(C)(CN1CCCCC1)C(=O)/C=C/c1ccc(Cl)c(Cl)c1.Cl. The van der Waals surface area contributed by atoms with E-state index in [1.54, 1.807) is 18.2 Å². The number of allylic oxidation sites excluding steroid dienone is 1. The van der Waals surface area contributed by atoms with E-state index < -0.39 is 0 Å². The number of hydrogen-bond acceptors (Lipinski definition) is 2. The molecule has 2 rings (SSSR count). The molecule has 0 N–H and O–H groups in total. The summed E-state index contributed by atoms with van der Waals surface area (Å²) in [5, 5.41) is 1.03. The van der Waals surface area contributed by atoms with Crippen molar-refractivity contribution >= 4 is 47.5 Å². The van der Waals surface area contributed by atoms with Gasteiger partial charge in [-0.15, -0.1) is 12.4 Å². The van der Waals surface area contributed by atoms with Crippen LogP contribution in [0.4, 0.5) is 0 Å².